The van der Waals surface area contributed by atoms with Gasteiger partial charge in [-0.05, 0) is 18.2 Å². The van der Waals surface area contributed by atoms with Crippen LogP contribution in [0.5, 0.6) is 5.88 Å². The van der Waals surface area contributed by atoms with Crippen molar-refractivity contribution in [3.05, 3.63) is 29.0 Å². The molecule has 0 amide bonds. The normalized spacial score (nSPS) is 10.4. The number of halogens is 1. The van der Waals surface area contributed by atoms with Crippen LogP contribution in [0.15, 0.2) is 18.2 Å². The van der Waals surface area contributed by atoms with Gasteiger partial charge in [-0.1, -0.05) is 0 Å². The molecule has 1 N–H and O–H groups in total. The first-order valence-electron chi connectivity index (χ1n) is 3.97. The van der Waals surface area contributed by atoms with E-state index in [9.17, 15) is 9.50 Å². The molecule has 0 spiro atoms. The van der Waals surface area contributed by atoms with Gasteiger partial charge in [0.15, 0.2) is 4.98 Å². The minimum Gasteiger partial charge on any atom is -0.489 e. The van der Waals surface area contributed by atoms with Gasteiger partial charge in [-0.15, -0.1) is 0 Å². The topological polar surface area (TPSA) is 53.3 Å². The van der Waals surface area contributed by atoms with Crippen LogP contribution in [0, 0.1) is 11.2 Å². The largest absolute Gasteiger partial charge is 0.489 e. The lowest BCUT2D eigenvalue weighted by atomic mass is 10.2. The molecule has 0 saturated carbocycles. The number of fused-ring (bicyclic) bond motifs is 1. The molecule has 5 heteroatoms. The molecular formula is C9H7FN3O+. The molecule has 0 unspecified atom stereocenters. The molecule has 0 aliphatic heterocycles. The van der Waals surface area contributed by atoms with Gasteiger partial charge in [0.2, 0.25) is 5.39 Å². The predicted molar refractivity (Wildman–Crippen MR) is 49.3 cm³/mol. The summed E-state index contributed by atoms with van der Waals surface area (Å²) in [5.41, 5.74) is 0.540. The zero-order valence-electron chi connectivity index (χ0n) is 7.40. The standard InChI is InChI=1S/C9H6FN3O/c1-13-7-4-5(10)2-3-6(7)8(12-11)9(13)14/h2-4H,1H3/p+1. The van der Waals surface area contributed by atoms with Gasteiger partial charge in [-0.3, -0.25) is 0 Å². The summed E-state index contributed by atoms with van der Waals surface area (Å²) >= 11 is 0. The molecule has 4 nitrogen and oxygen atoms in total. The van der Waals surface area contributed by atoms with E-state index in [1.54, 1.807) is 7.05 Å². The predicted octanol–water partition coefficient (Wildman–Crippen LogP) is 2.51. The summed E-state index contributed by atoms with van der Waals surface area (Å²) in [6.07, 6.45) is 0. The highest BCUT2D eigenvalue weighted by Gasteiger charge is 2.24. The van der Waals surface area contributed by atoms with Gasteiger partial charge in [0.1, 0.15) is 5.82 Å². The van der Waals surface area contributed by atoms with Crippen molar-refractivity contribution in [2.75, 3.05) is 0 Å². The summed E-state index contributed by atoms with van der Waals surface area (Å²) in [6.45, 7) is 0. The third-order valence-electron chi connectivity index (χ3n) is 2.21. The van der Waals surface area contributed by atoms with Gasteiger partial charge in [0, 0.05) is 7.05 Å². The zero-order chi connectivity index (χ0) is 10.3. The van der Waals surface area contributed by atoms with Crippen molar-refractivity contribution in [1.29, 1.82) is 5.39 Å². The molecule has 0 aliphatic carbocycles. The highest BCUT2D eigenvalue weighted by Crippen LogP contribution is 2.37. The van der Waals surface area contributed by atoms with Crippen molar-refractivity contribution < 1.29 is 9.50 Å². The number of nitrogens with zero attached hydrogens (tertiary/aromatic N) is 3. The second-order valence-electron chi connectivity index (χ2n) is 2.99. The number of hydrogen-bond acceptors (Lipinski definition) is 2. The van der Waals surface area contributed by atoms with E-state index in [1.807, 2.05) is 0 Å². The number of benzene rings is 1. The van der Waals surface area contributed by atoms with Crippen LogP contribution in [0.4, 0.5) is 10.1 Å². The lowest BCUT2D eigenvalue weighted by Crippen LogP contribution is -1.85. The molecule has 0 aliphatic rings. The van der Waals surface area contributed by atoms with Gasteiger partial charge >= 0.3 is 5.69 Å². The summed E-state index contributed by atoms with van der Waals surface area (Å²) in [5.74, 6) is -0.587. The SMILES string of the molecule is Cn1c(O)c([N+]#N)c2ccc(F)cc21. The Labute approximate surface area is 78.8 Å². The van der Waals surface area contributed by atoms with E-state index in [4.69, 9.17) is 5.39 Å². The molecule has 0 fully saturated rings. The Morgan fingerprint density at radius 1 is 1.50 bits per heavy atom. The Bertz CT molecular complexity index is 553. The van der Waals surface area contributed by atoms with Crippen LogP contribution >= 0.6 is 0 Å². The Hall–Kier alpha value is -2.09. The van der Waals surface area contributed by atoms with Crippen molar-refractivity contribution in [3.8, 4) is 5.88 Å². The monoisotopic (exact) mass is 192 g/mol. The summed E-state index contributed by atoms with van der Waals surface area (Å²) in [4.78, 5) is 2.96. The molecule has 1 aromatic carbocycles. The van der Waals surface area contributed by atoms with Gasteiger partial charge in [-0.25, -0.2) is 4.39 Å². The van der Waals surface area contributed by atoms with Gasteiger partial charge in [-0.2, -0.15) is 0 Å². The van der Waals surface area contributed by atoms with Crippen molar-refractivity contribution in [1.82, 2.24) is 4.57 Å². The van der Waals surface area contributed by atoms with Crippen molar-refractivity contribution in [2.24, 2.45) is 7.05 Å². The Balaban J connectivity index is 2.97. The molecule has 2 aromatic rings. The van der Waals surface area contributed by atoms with Gasteiger partial charge in [0.25, 0.3) is 5.88 Å². The fraction of sp³-hybridized carbons (Fsp3) is 0.111. The van der Waals surface area contributed by atoms with Crippen LogP contribution in [0.1, 0.15) is 0 Å². The van der Waals surface area contributed by atoms with Gasteiger partial charge in [0.05, 0.1) is 10.9 Å². The van der Waals surface area contributed by atoms with Crippen molar-refractivity contribution in [3.63, 3.8) is 0 Å². The minimum absolute atomic E-state index is 0.0579. The smallest absolute Gasteiger partial charge is 0.453 e. The molecule has 0 bridgehead atoms. The summed E-state index contributed by atoms with van der Waals surface area (Å²) in [5, 5.41) is 18.7. The van der Waals surface area contributed by atoms with E-state index in [2.05, 4.69) is 4.98 Å². The number of aromatic hydroxyl groups is 1. The van der Waals surface area contributed by atoms with E-state index in [1.165, 1.54) is 22.8 Å². The molecule has 0 saturated heterocycles. The Morgan fingerprint density at radius 3 is 2.86 bits per heavy atom. The van der Waals surface area contributed by atoms with E-state index in [0.29, 0.717) is 10.9 Å². The zero-order valence-corrected chi connectivity index (χ0v) is 7.40. The molecule has 0 radical (unpaired) electrons. The van der Waals surface area contributed by atoms with Crippen molar-refractivity contribution in [2.45, 2.75) is 0 Å². The number of aryl methyl sites for hydroxylation is 1. The molecule has 0 atom stereocenters. The highest BCUT2D eigenvalue weighted by atomic mass is 19.1. The second kappa shape index (κ2) is 2.70. The first kappa shape index (κ1) is 8.51. The van der Waals surface area contributed by atoms with Crippen LogP contribution < -0.4 is 0 Å². The minimum atomic E-state index is -0.400. The maximum absolute atomic E-state index is 12.9. The number of rotatable bonds is 0. The maximum atomic E-state index is 12.9. The lowest BCUT2D eigenvalue weighted by Gasteiger charge is -1.94. The summed E-state index contributed by atoms with van der Waals surface area (Å²) in [7, 11) is 1.56. The average Bonchev–Trinajstić information content (AvgIpc) is 2.41. The molecule has 2 rings (SSSR count). The van der Waals surface area contributed by atoms with Crippen LogP contribution in [0.3, 0.4) is 0 Å². The average molecular weight is 192 g/mol. The van der Waals surface area contributed by atoms with E-state index in [-0.39, 0.29) is 11.6 Å². The van der Waals surface area contributed by atoms with E-state index >= 15 is 0 Å². The van der Waals surface area contributed by atoms with E-state index in [0.717, 1.165) is 0 Å². The number of hydrogen-bond donors (Lipinski definition) is 1. The van der Waals surface area contributed by atoms with E-state index < -0.39 is 5.82 Å². The van der Waals surface area contributed by atoms with Crippen LogP contribution in [-0.2, 0) is 7.05 Å². The lowest BCUT2D eigenvalue weighted by molar-refractivity contribution is 0.438. The van der Waals surface area contributed by atoms with Crippen LogP contribution in [0.25, 0.3) is 15.9 Å². The molecule has 70 valence electrons. The molecule has 1 aromatic heterocycles. The molecule has 14 heavy (non-hydrogen) atoms. The second-order valence-corrected chi connectivity index (χ2v) is 2.99. The highest BCUT2D eigenvalue weighted by molar-refractivity contribution is 5.96. The third-order valence-corrected chi connectivity index (χ3v) is 2.21. The Kier molecular flexibility index (Phi) is 1.64. The first-order valence-corrected chi connectivity index (χ1v) is 3.97. The maximum Gasteiger partial charge on any atom is 0.453 e. The first-order chi connectivity index (χ1) is 6.65. The quantitative estimate of drug-likeness (QED) is 0.652. The summed E-state index contributed by atoms with van der Waals surface area (Å²) < 4.78 is 14.2. The summed E-state index contributed by atoms with van der Waals surface area (Å²) in [6, 6.07) is 3.97. The fourth-order valence-corrected chi connectivity index (χ4v) is 1.47. The number of aromatic nitrogens is 1. The fourth-order valence-electron chi connectivity index (χ4n) is 1.47. The third kappa shape index (κ3) is 0.941. The molecular weight excluding hydrogens is 185 g/mol. The number of diazo groups is 1. The van der Waals surface area contributed by atoms with Gasteiger partial charge < -0.3 is 9.67 Å². The van der Waals surface area contributed by atoms with Crippen LogP contribution in [0.2, 0.25) is 0 Å². The Morgan fingerprint density at radius 2 is 2.21 bits per heavy atom. The molecule has 1 heterocycles. The van der Waals surface area contributed by atoms with Crippen molar-refractivity contribution >= 4 is 16.6 Å². The van der Waals surface area contributed by atoms with Crippen LogP contribution in [-0.4, -0.2) is 9.67 Å².